The van der Waals surface area contributed by atoms with Crippen LogP contribution in [0.3, 0.4) is 0 Å². The minimum atomic E-state index is -0.634. The van der Waals surface area contributed by atoms with E-state index in [2.05, 4.69) is 4.98 Å². The van der Waals surface area contributed by atoms with Gasteiger partial charge in [0.25, 0.3) is 5.56 Å². The summed E-state index contributed by atoms with van der Waals surface area (Å²) in [5, 5.41) is 0.739. The van der Waals surface area contributed by atoms with E-state index in [9.17, 15) is 14.0 Å². The standard InChI is InChI=1S/C16H9Cl2FN2O2/c17-9-5-11-15(12(18)6-9)20-8-21(16(11)23)7-14(22)10-3-1-2-4-13(10)19/h1-6,8H,7H2. The lowest BCUT2D eigenvalue weighted by molar-refractivity contribution is 0.0966. The fraction of sp³-hybridized carbons (Fsp3) is 0.0625. The number of carbonyl (C=O) groups is 1. The number of nitrogens with zero attached hydrogens (tertiary/aromatic N) is 2. The molecule has 0 aliphatic heterocycles. The number of ketones is 1. The van der Waals surface area contributed by atoms with Gasteiger partial charge in [0.2, 0.25) is 0 Å². The van der Waals surface area contributed by atoms with Crippen LogP contribution < -0.4 is 5.56 Å². The normalized spacial score (nSPS) is 10.9. The third-order valence-electron chi connectivity index (χ3n) is 3.33. The van der Waals surface area contributed by atoms with Gasteiger partial charge in [-0.05, 0) is 24.3 Å². The molecule has 0 saturated carbocycles. The lowest BCUT2D eigenvalue weighted by Crippen LogP contribution is -2.25. The minimum Gasteiger partial charge on any atom is -0.292 e. The van der Waals surface area contributed by atoms with Crippen molar-refractivity contribution in [3.63, 3.8) is 0 Å². The van der Waals surface area contributed by atoms with Crippen molar-refractivity contribution in [2.75, 3.05) is 0 Å². The number of fused-ring (bicyclic) bond motifs is 1. The van der Waals surface area contributed by atoms with E-state index in [1.165, 1.54) is 36.7 Å². The summed E-state index contributed by atoms with van der Waals surface area (Å²) in [4.78, 5) is 28.7. The summed E-state index contributed by atoms with van der Waals surface area (Å²) in [5.74, 6) is -1.16. The molecule has 0 aliphatic rings. The Balaban J connectivity index is 2.05. The van der Waals surface area contributed by atoms with Crippen LogP contribution in [0.1, 0.15) is 10.4 Å². The van der Waals surface area contributed by atoms with Crippen LogP contribution in [0.5, 0.6) is 0 Å². The Morgan fingerprint density at radius 2 is 1.96 bits per heavy atom. The lowest BCUT2D eigenvalue weighted by atomic mass is 10.1. The van der Waals surface area contributed by atoms with Crippen LogP contribution in [-0.4, -0.2) is 15.3 Å². The Labute approximate surface area is 140 Å². The van der Waals surface area contributed by atoms with Crippen molar-refractivity contribution in [3.05, 3.63) is 74.5 Å². The Morgan fingerprint density at radius 3 is 2.70 bits per heavy atom. The average molecular weight is 351 g/mol. The first-order chi connectivity index (χ1) is 11.0. The van der Waals surface area contributed by atoms with Gasteiger partial charge in [-0.15, -0.1) is 0 Å². The topological polar surface area (TPSA) is 52.0 Å². The first-order valence-electron chi connectivity index (χ1n) is 6.59. The van der Waals surface area contributed by atoms with Crippen LogP contribution in [0.2, 0.25) is 10.0 Å². The van der Waals surface area contributed by atoms with Crippen LogP contribution in [0, 0.1) is 5.82 Å². The van der Waals surface area contributed by atoms with Crippen LogP contribution in [0.25, 0.3) is 10.9 Å². The molecule has 1 heterocycles. The molecule has 2 aromatic carbocycles. The van der Waals surface area contributed by atoms with Crippen molar-refractivity contribution < 1.29 is 9.18 Å². The van der Waals surface area contributed by atoms with E-state index in [0.29, 0.717) is 10.5 Å². The molecule has 0 aliphatic carbocycles. The number of aromatic nitrogens is 2. The molecule has 3 rings (SSSR count). The predicted octanol–water partition coefficient (Wildman–Crippen LogP) is 3.73. The van der Waals surface area contributed by atoms with Crippen molar-refractivity contribution in [3.8, 4) is 0 Å². The summed E-state index contributed by atoms with van der Waals surface area (Å²) in [6.07, 6.45) is 1.21. The molecule has 7 heteroatoms. The monoisotopic (exact) mass is 350 g/mol. The molecule has 0 atom stereocenters. The Hall–Kier alpha value is -2.24. The maximum absolute atomic E-state index is 13.6. The molecular formula is C16H9Cl2FN2O2. The average Bonchev–Trinajstić information content (AvgIpc) is 2.51. The van der Waals surface area contributed by atoms with E-state index in [1.54, 1.807) is 6.07 Å². The zero-order valence-corrected chi connectivity index (χ0v) is 13.1. The molecule has 0 saturated heterocycles. The fourth-order valence-corrected chi connectivity index (χ4v) is 2.78. The molecule has 4 nitrogen and oxygen atoms in total. The van der Waals surface area contributed by atoms with Gasteiger partial charge in [0, 0.05) is 5.02 Å². The van der Waals surface area contributed by atoms with E-state index in [-0.39, 0.29) is 22.5 Å². The molecule has 0 bridgehead atoms. The van der Waals surface area contributed by atoms with Gasteiger partial charge in [-0.25, -0.2) is 9.37 Å². The zero-order chi connectivity index (χ0) is 16.6. The van der Waals surface area contributed by atoms with Gasteiger partial charge < -0.3 is 0 Å². The van der Waals surface area contributed by atoms with E-state index in [4.69, 9.17) is 23.2 Å². The Bertz CT molecular complexity index is 985. The molecular weight excluding hydrogens is 342 g/mol. The number of rotatable bonds is 3. The molecule has 116 valence electrons. The van der Waals surface area contributed by atoms with Crippen molar-refractivity contribution in [2.45, 2.75) is 6.54 Å². The van der Waals surface area contributed by atoms with Crippen molar-refractivity contribution in [2.24, 2.45) is 0 Å². The minimum absolute atomic E-state index is 0.0800. The number of hydrogen-bond donors (Lipinski definition) is 0. The van der Waals surface area contributed by atoms with E-state index >= 15 is 0 Å². The second-order valence-corrected chi connectivity index (χ2v) is 5.71. The van der Waals surface area contributed by atoms with E-state index < -0.39 is 17.2 Å². The molecule has 0 amide bonds. The molecule has 1 aromatic heterocycles. The number of benzene rings is 2. The summed E-state index contributed by atoms with van der Waals surface area (Å²) >= 11 is 11.9. The fourth-order valence-electron chi connectivity index (χ4n) is 2.23. The van der Waals surface area contributed by atoms with E-state index in [0.717, 1.165) is 4.57 Å². The highest BCUT2D eigenvalue weighted by Gasteiger charge is 2.14. The number of carbonyl (C=O) groups excluding carboxylic acids is 1. The molecule has 23 heavy (non-hydrogen) atoms. The molecule has 0 spiro atoms. The van der Waals surface area contributed by atoms with Gasteiger partial charge in [-0.3, -0.25) is 14.2 Å². The molecule has 0 N–H and O–H groups in total. The highest BCUT2D eigenvalue weighted by Crippen LogP contribution is 2.24. The third kappa shape index (κ3) is 2.98. The van der Waals surface area contributed by atoms with Gasteiger partial charge in [0.15, 0.2) is 5.78 Å². The highest BCUT2D eigenvalue weighted by atomic mass is 35.5. The third-order valence-corrected chi connectivity index (χ3v) is 3.84. The first kappa shape index (κ1) is 15.6. The van der Waals surface area contributed by atoms with Crippen LogP contribution in [0.15, 0.2) is 47.5 Å². The van der Waals surface area contributed by atoms with Gasteiger partial charge in [-0.1, -0.05) is 35.3 Å². The Kier molecular flexibility index (Phi) is 4.15. The summed E-state index contributed by atoms with van der Waals surface area (Å²) in [6.45, 7) is -0.327. The zero-order valence-electron chi connectivity index (χ0n) is 11.6. The molecule has 0 unspecified atom stereocenters. The summed E-state index contributed by atoms with van der Waals surface area (Å²) in [5.41, 5.74) is -0.247. The predicted molar refractivity (Wildman–Crippen MR) is 86.8 cm³/mol. The molecule has 0 radical (unpaired) electrons. The first-order valence-corrected chi connectivity index (χ1v) is 7.35. The maximum atomic E-state index is 13.6. The summed E-state index contributed by atoms with van der Waals surface area (Å²) < 4.78 is 14.7. The van der Waals surface area contributed by atoms with Gasteiger partial charge in [0.1, 0.15) is 5.82 Å². The SMILES string of the molecule is O=C(Cn1cnc2c(Cl)cc(Cl)cc2c1=O)c1ccccc1F. The maximum Gasteiger partial charge on any atom is 0.261 e. The van der Waals surface area contributed by atoms with Gasteiger partial charge in [0.05, 0.1) is 34.4 Å². The quantitative estimate of drug-likeness (QED) is 0.676. The summed E-state index contributed by atoms with van der Waals surface area (Å²) in [6, 6.07) is 8.51. The van der Waals surface area contributed by atoms with Crippen molar-refractivity contribution >= 4 is 39.9 Å². The smallest absolute Gasteiger partial charge is 0.261 e. The lowest BCUT2D eigenvalue weighted by Gasteiger charge is -2.08. The van der Waals surface area contributed by atoms with Crippen LogP contribution >= 0.6 is 23.2 Å². The molecule has 0 fully saturated rings. The van der Waals surface area contributed by atoms with Crippen molar-refractivity contribution in [1.82, 2.24) is 9.55 Å². The van der Waals surface area contributed by atoms with Gasteiger partial charge in [-0.2, -0.15) is 0 Å². The largest absolute Gasteiger partial charge is 0.292 e. The van der Waals surface area contributed by atoms with E-state index in [1.807, 2.05) is 0 Å². The number of halogens is 3. The summed E-state index contributed by atoms with van der Waals surface area (Å²) in [7, 11) is 0. The van der Waals surface area contributed by atoms with Crippen LogP contribution in [0.4, 0.5) is 4.39 Å². The number of Topliss-reactive ketones (excluding diaryl/α,β-unsaturated/α-hetero) is 1. The molecule has 3 aromatic rings. The van der Waals surface area contributed by atoms with Crippen molar-refractivity contribution in [1.29, 1.82) is 0 Å². The van der Waals surface area contributed by atoms with Gasteiger partial charge >= 0.3 is 0 Å². The highest BCUT2D eigenvalue weighted by molar-refractivity contribution is 6.38. The second kappa shape index (κ2) is 6.10. The second-order valence-electron chi connectivity index (χ2n) is 4.86. The number of hydrogen-bond acceptors (Lipinski definition) is 3. The van der Waals surface area contributed by atoms with Crippen LogP contribution in [-0.2, 0) is 6.54 Å². The Morgan fingerprint density at radius 1 is 1.22 bits per heavy atom.